The molecule has 1 aromatic heterocycles. The lowest BCUT2D eigenvalue weighted by Gasteiger charge is -2.18. The van der Waals surface area contributed by atoms with E-state index in [0.717, 1.165) is 17.0 Å². The van der Waals surface area contributed by atoms with Crippen molar-refractivity contribution in [3.8, 4) is 11.5 Å². The van der Waals surface area contributed by atoms with Crippen molar-refractivity contribution in [3.63, 3.8) is 0 Å². The average molecular weight is 306 g/mol. The molecule has 0 saturated heterocycles. The molecule has 1 atom stereocenters. The smallest absolute Gasteiger partial charge is 0.263 e. The number of carbonyl (C=O) groups is 1. The Labute approximate surface area is 127 Å². The van der Waals surface area contributed by atoms with Crippen molar-refractivity contribution >= 4 is 17.2 Å². The van der Waals surface area contributed by atoms with Crippen LogP contribution >= 0.6 is 11.3 Å². The zero-order valence-corrected chi connectivity index (χ0v) is 13.3. The van der Waals surface area contributed by atoms with E-state index in [9.17, 15) is 4.79 Å². The van der Waals surface area contributed by atoms with E-state index in [-0.39, 0.29) is 11.9 Å². The van der Waals surface area contributed by atoms with Gasteiger partial charge in [-0.1, -0.05) is 0 Å². The molecular weight excluding hydrogens is 288 g/mol. The molecular formula is C15H18N2O3S. The SMILES string of the molecule is COc1ccc(OC)c(C(C)NC(=O)c2scnc2C)c1. The number of benzene rings is 1. The molecule has 2 rings (SSSR count). The van der Waals surface area contributed by atoms with Crippen LogP contribution in [0.4, 0.5) is 0 Å². The van der Waals surface area contributed by atoms with Crippen LogP contribution in [0.3, 0.4) is 0 Å². The summed E-state index contributed by atoms with van der Waals surface area (Å²) >= 11 is 1.33. The van der Waals surface area contributed by atoms with Crippen LogP contribution in [-0.4, -0.2) is 25.1 Å². The Bertz CT molecular complexity index is 640. The standard InChI is InChI=1S/C15H18N2O3S/c1-9(17-15(18)14-10(2)16-8-21-14)12-7-11(19-3)5-6-13(12)20-4/h5-9H,1-4H3,(H,17,18). The second-order valence-corrected chi connectivity index (χ2v) is 5.42. The molecule has 0 saturated carbocycles. The second-order valence-electron chi connectivity index (χ2n) is 4.57. The van der Waals surface area contributed by atoms with Crippen molar-refractivity contribution in [2.45, 2.75) is 19.9 Å². The number of amides is 1. The number of ether oxygens (including phenoxy) is 2. The summed E-state index contributed by atoms with van der Waals surface area (Å²) in [6, 6.07) is 5.31. The summed E-state index contributed by atoms with van der Waals surface area (Å²) in [5.74, 6) is 1.30. The van der Waals surface area contributed by atoms with E-state index in [1.807, 2.05) is 32.0 Å². The van der Waals surface area contributed by atoms with Gasteiger partial charge >= 0.3 is 0 Å². The van der Waals surface area contributed by atoms with Gasteiger partial charge in [-0.25, -0.2) is 4.98 Å². The van der Waals surface area contributed by atoms with Crippen molar-refractivity contribution in [3.05, 3.63) is 39.8 Å². The molecule has 2 aromatic rings. The number of thiazole rings is 1. The number of rotatable bonds is 5. The molecule has 21 heavy (non-hydrogen) atoms. The summed E-state index contributed by atoms with van der Waals surface area (Å²) in [5, 5.41) is 2.96. The van der Waals surface area contributed by atoms with Crippen LogP contribution < -0.4 is 14.8 Å². The van der Waals surface area contributed by atoms with Crippen LogP contribution in [0, 0.1) is 6.92 Å². The van der Waals surface area contributed by atoms with Crippen molar-refractivity contribution in [1.82, 2.24) is 10.3 Å². The maximum Gasteiger partial charge on any atom is 0.263 e. The van der Waals surface area contributed by atoms with Gasteiger partial charge in [-0.2, -0.15) is 0 Å². The molecule has 1 heterocycles. The number of nitrogens with one attached hydrogen (secondary N) is 1. The fourth-order valence-electron chi connectivity index (χ4n) is 2.04. The predicted octanol–water partition coefficient (Wildman–Crippen LogP) is 2.96. The van der Waals surface area contributed by atoms with Gasteiger partial charge in [0.05, 0.1) is 31.5 Å². The lowest BCUT2D eigenvalue weighted by Crippen LogP contribution is -2.26. The zero-order valence-electron chi connectivity index (χ0n) is 12.5. The predicted molar refractivity (Wildman–Crippen MR) is 82.3 cm³/mol. The maximum absolute atomic E-state index is 12.3. The highest BCUT2D eigenvalue weighted by Gasteiger charge is 2.18. The van der Waals surface area contributed by atoms with Crippen molar-refractivity contribution < 1.29 is 14.3 Å². The van der Waals surface area contributed by atoms with Crippen LogP contribution in [-0.2, 0) is 0 Å². The Kier molecular flexibility index (Phi) is 4.80. The number of nitrogens with zero attached hydrogens (tertiary/aromatic N) is 1. The van der Waals surface area contributed by atoms with E-state index in [1.54, 1.807) is 19.7 Å². The first-order valence-corrected chi connectivity index (χ1v) is 7.37. The van der Waals surface area contributed by atoms with Gasteiger partial charge in [0.25, 0.3) is 5.91 Å². The van der Waals surface area contributed by atoms with Gasteiger partial charge in [-0.15, -0.1) is 11.3 Å². The number of hydrogen-bond acceptors (Lipinski definition) is 5. The highest BCUT2D eigenvalue weighted by atomic mass is 32.1. The number of carbonyl (C=O) groups excluding carboxylic acids is 1. The van der Waals surface area contributed by atoms with Gasteiger partial charge in [-0.05, 0) is 32.0 Å². The van der Waals surface area contributed by atoms with Gasteiger partial charge in [0, 0.05) is 5.56 Å². The molecule has 0 radical (unpaired) electrons. The Morgan fingerprint density at radius 2 is 2.10 bits per heavy atom. The first-order valence-electron chi connectivity index (χ1n) is 6.49. The van der Waals surface area contributed by atoms with Crippen LogP contribution in [0.5, 0.6) is 11.5 Å². The molecule has 0 fully saturated rings. The number of aromatic nitrogens is 1. The van der Waals surface area contributed by atoms with E-state index in [0.29, 0.717) is 10.6 Å². The highest BCUT2D eigenvalue weighted by molar-refractivity contribution is 7.11. The highest BCUT2D eigenvalue weighted by Crippen LogP contribution is 2.29. The summed E-state index contributed by atoms with van der Waals surface area (Å²) in [6.45, 7) is 3.73. The molecule has 1 amide bonds. The minimum absolute atomic E-state index is 0.132. The van der Waals surface area contributed by atoms with Gasteiger partial charge in [0.15, 0.2) is 0 Å². The summed E-state index contributed by atoms with van der Waals surface area (Å²) in [5.41, 5.74) is 3.27. The molecule has 1 aromatic carbocycles. The van der Waals surface area contributed by atoms with Crippen molar-refractivity contribution in [2.24, 2.45) is 0 Å². The molecule has 1 N–H and O–H groups in total. The molecule has 5 nitrogen and oxygen atoms in total. The fourth-order valence-corrected chi connectivity index (χ4v) is 2.74. The number of aryl methyl sites for hydroxylation is 1. The normalized spacial score (nSPS) is 11.8. The van der Waals surface area contributed by atoms with Gasteiger partial charge in [-0.3, -0.25) is 4.79 Å². The first kappa shape index (κ1) is 15.3. The third kappa shape index (κ3) is 3.33. The monoisotopic (exact) mass is 306 g/mol. The third-order valence-corrected chi connectivity index (χ3v) is 4.13. The summed E-state index contributed by atoms with van der Waals surface area (Å²) < 4.78 is 10.6. The summed E-state index contributed by atoms with van der Waals surface area (Å²) in [7, 11) is 3.21. The largest absolute Gasteiger partial charge is 0.497 e. The third-order valence-electron chi connectivity index (χ3n) is 3.20. The molecule has 0 aliphatic heterocycles. The minimum Gasteiger partial charge on any atom is -0.497 e. The summed E-state index contributed by atoms with van der Waals surface area (Å²) in [4.78, 5) is 17.0. The Morgan fingerprint density at radius 3 is 2.67 bits per heavy atom. The number of hydrogen-bond donors (Lipinski definition) is 1. The van der Waals surface area contributed by atoms with E-state index in [4.69, 9.17) is 9.47 Å². The topological polar surface area (TPSA) is 60.5 Å². The van der Waals surface area contributed by atoms with E-state index >= 15 is 0 Å². The van der Waals surface area contributed by atoms with Gasteiger partial charge in [0.1, 0.15) is 16.4 Å². The lowest BCUT2D eigenvalue weighted by atomic mass is 10.1. The van der Waals surface area contributed by atoms with Crippen LogP contribution in [0.15, 0.2) is 23.7 Å². The van der Waals surface area contributed by atoms with E-state index in [1.165, 1.54) is 11.3 Å². The van der Waals surface area contributed by atoms with Crippen LogP contribution in [0.25, 0.3) is 0 Å². The first-order chi connectivity index (χ1) is 10.1. The molecule has 0 spiro atoms. The van der Waals surface area contributed by atoms with E-state index < -0.39 is 0 Å². The van der Waals surface area contributed by atoms with Gasteiger partial charge in [0.2, 0.25) is 0 Å². The minimum atomic E-state index is -0.205. The Hall–Kier alpha value is -2.08. The fraction of sp³-hybridized carbons (Fsp3) is 0.333. The Balaban J connectivity index is 2.22. The van der Waals surface area contributed by atoms with Gasteiger partial charge < -0.3 is 14.8 Å². The van der Waals surface area contributed by atoms with E-state index in [2.05, 4.69) is 10.3 Å². The summed E-state index contributed by atoms with van der Waals surface area (Å²) in [6.07, 6.45) is 0. The van der Waals surface area contributed by atoms with Crippen molar-refractivity contribution in [2.75, 3.05) is 14.2 Å². The van der Waals surface area contributed by atoms with Crippen LogP contribution in [0.1, 0.15) is 33.9 Å². The molecule has 0 aliphatic carbocycles. The lowest BCUT2D eigenvalue weighted by molar-refractivity contribution is 0.0942. The molecule has 6 heteroatoms. The maximum atomic E-state index is 12.3. The van der Waals surface area contributed by atoms with Crippen LogP contribution in [0.2, 0.25) is 0 Å². The average Bonchev–Trinajstić information content (AvgIpc) is 2.92. The molecule has 1 unspecified atom stereocenters. The molecule has 0 aliphatic rings. The zero-order chi connectivity index (χ0) is 15.4. The molecule has 112 valence electrons. The Morgan fingerprint density at radius 1 is 1.33 bits per heavy atom. The second kappa shape index (κ2) is 6.58. The van der Waals surface area contributed by atoms with Crippen molar-refractivity contribution in [1.29, 1.82) is 0 Å². The quantitative estimate of drug-likeness (QED) is 0.922. The number of methoxy groups -OCH3 is 2. The molecule has 0 bridgehead atoms.